The number of rotatable bonds is 1. The number of imidazole rings is 1. The summed E-state index contributed by atoms with van der Waals surface area (Å²) in [7, 11) is 1.93. The summed E-state index contributed by atoms with van der Waals surface area (Å²) in [6.07, 6.45) is 5.77. The molecule has 1 aliphatic heterocycles. The molecule has 0 fully saturated rings. The molecule has 2 aromatic heterocycles. The van der Waals surface area contributed by atoms with E-state index >= 15 is 0 Å². The van der Waals surface area contributed by atoms with Gasteiger partial charge in [0.15, 0.2) is 0 Å². The van der Waals surface area contributed by atoms with E-state index in [2.05, 4.69) is 20.5 Å². The smallest absolute Gasteiger partial charge is 0.226 e. The number of amides is 1. The second kappa shape index (κ2) is 3.19. The van der Waals surface area contributed by atoms with Crippen LogP contribution in [0.4, 0.5) is 5.82 Å². The van der Waals surface area contributed by atoms with Crippen molar-refractivity contribution in [1.29, 1.82) is 0 Å². The van der Waals surface area contributed by atoms with Gasteiger partial charge in [-0.3, -0.25) is 9.89 Å². The van der Waals surface area contributed by atoms with Gasteiger partial charge in [-0.15, -0.1) is 0 Å². The number of nitrogens with zero attached hydrogens (tertiary/aromatic N) is 3. The van der Waals surface area contributed by atoms with Gasteiger partial charge in [0.1, 0.15) is 11.6 Å². The molecule has 0 aliphatic carbocycles. The first kappa shape index (κ1) is 9.14. The second-order valence-electron chi connectivity index (χ2n) is 3.90. The summed E-state index contributed by atoms with van der Waals surface area (Å²) >= 11 is 0. The Hall–Kier alpha value is -2.11. The van der Waals surface area contributed by atoms with Crippen LogP contribution in [0, 0.1) is 0 Å². The summed E-state index contributed by atoms with van der Waals surface area (Å²) in [5.41, 5.74) is 0.994. The number of aromatic amines is 1. The molecule has 1 atom stereocenters. The first-order valence-electron chi connectivity index (χ1n) is 5.06. The molecule has 6 heteroatoms. The normalized spacial score (nSPS) is 19.3. The summed E-state index contributed by atoms with van der Waals surface area (Å²) in [6.45, 7) is 0. The molecule has 0 saturated heterocycles. The molecule has 1 unspecified atom stereocenters. The Morgan fingerprint density at radius 1 is 1.56 bits per heavy atom. The largest absolute Gasteiger partial charge is 0.337 e. The van der Waals surface area contributed by atoms with Gasteiger partial charge in [0.2, 0.25) is 5.91 Å². The molecule has 2 N–H and O–H groups in total. The van der Waals surface area contributed by atoms with Crippen molar-refractivity contribution in [2.75, 3.05) is 5.32 Å². The molecule has 2 aromatic rings. The topological polar surface area (TPSA) is 75.6 Å². The maximum absolute atomic E-state index is 11.5. The van der Waals surface area contributed by atoms with Gasteiger partial charge in [0, 0.05) is 31.4 Å². The van der Waals surface area contributed by atoms with Crippen LogP contribution in [-0.2, 0) is 11.8 Å². The van der Waals surface area contributed by atoms with Crippen LogP contribution >= 0.6 is 0 Å². The molecule has 1 amide bonds. The molecule has 16 heavy (non-hydrogen) atoms. The second-order valence-corrected chi connectivity index (χ2v) is 3.90. The van der Waals surface area contributed by atoms with Crippen LogP contribution in [0.25, 0.3) is 0 Å². The van der Waals surface area contributed by atoms with E-state index in [0.29, 0.717) is 12.2 Å². The lowest BCUT2D eigenvalue weighted by Gasteiger charge is -2.21. The van der Waals surface area contributed by atoms with Crippen LogP contribution in [0.5, 0.6) is 0 Å². The minimum Gasteiger partial charge on any atom is -0.337 e. The lowest BCUT2D eigenvalue weighted by Crippen LogP contribution is -2.24. The van der Waals surface area contributed by atoms with Crippen molar-refractivity contribution in [3.63, 3.8) is 0 Å². The van der Waals surface area contributed by atoms with Crippen molar-refractivity contribution in [3.8, 4) is 0 Å². The van der Waals surface area contributed by atoms with Gasteiger partial charge < -0.3 is 9.88 Å². The highest BCUT2D eigenvalue weighted by Crippen LogP contribution is 2.34. The number of carbonyl (C=O) groups excluding carboxylic acids is 1. The van der Waals surface area contributed by atoms with Crippen LogP contribution in [0.3, 0.4) is 0 Å². The van der Waals surface area contributed by atoms with Crippen LogP contribution in [-0.4, -0.2) is 25.7 Å². The van der Waals surface area contributed by atoms with E-state index in [1.54, 1.807) is 12.4 Å². The molecular formula is C10H11N5O. The number of hydrogen-bond acceptors (Lipinski definition) is 3. The fraction of sp³-hybridized carbons (Fsp3) is 0.300. The number of H-pyrrole nitrogens is 1. The monoisotopic (exact) mass is 217 g/mol. The van der Waals surface area contributed by atoms with Crippen LogP contribution in [0.15, 0.2) is 18.6 Å². The van der Waals surface area contributed by atoms with Gasteiger partial charge in [-0.1, -0.05) is 0 Å². The summed E-state index contributed by atoms with van der Waals surface area (Å²) in [5.74, 6) is 1.55. The van der Waals surface area contributed by atoms with Crippen molar-refractivity contribution in [2.24, 2.45) is 7.05 Å². The maximum atomic E-state index is 11.5. The van der Waals surface area contributed by atoms with Crippen LogP contribution < -0.4 is 5.32 Å². The zero-order chi connectivity index (χ0) is 11.1. The third kappa shape index (κ3) is 1.23. The van der Waals surface area contributed by atoms with Gasteiger partial charge in [-0.25, -0.2) is 4.98 Å². The van der Waals surface area contributed by atoms with Crippen molar-refractivity contribution < 1.29 is 4.79 Å². The fourth-order valence-electron chi connectivity index (χ4n) is 2.09. The number of carbonyl (C=O) groups is 1. The summed E-state index contributed by atoms with van der Waals surface area (Å²) in [4.78, 5) is 15.8. The highest BCUT2D eigenvalue weighted by molar-refractivity contribution is 5.93. The summed E-state index contributed by atoms with van der Waals surface area (Å²) in [5, 5.41) is 9.49. The highest BCUT2D eigenvalue weighted by atomic mass is 16.1. The number of anilines is 1. The maximum Gasteiger partial charge on any atom is 0.226 e. The Morgan fingerprint density at radius 3 is 3.19 bits per heavy atom. The Labute approximate surface area is 91.7 Å². The Kier molecular flexibility index (Phi) is 1.82. The lowest BCUT2D eigenvalue weighted by molar-refractivity contribution is -0.116. The van der Waals surface area contributed by atoms with E-state index in [4.69, 9.17) is 0 Å². The third-order valence-corrected chi connectivity index (χ3v) is 2.87. The van der Waals surface area contributed by atoms with Crippen molar-refractivity contribution in [2.45, 2.75) is 12.3 Å². The van der Waals surface area contributed by atoms with Crippen LogP contribution in [0.1, 0.15) is 23.7 Å². The van der Waals surface area contributed by atoms with E-state index in [1.807, 2.05) is 17.8 Å². The number of nitrogens with one attached hydrogen (secondary N) is 2. The van der Waals surface area contributed by atoms with Gasteiger partial charge >= 0.3 is 0 Å². The average molecular weight is 217 g/mol. The van der Waals surface area contributed by atoms with Crippen molar-refractivity contribution in [1.82, 2.24) is 19.7 Å². The Bertz CT molecular complexity index is 541. The molecule has 0 spiro atoms. The Balaban J connectivity index is 2.10. The zero-order valence-electron chi connectivity index (χ0n) is 8.77. The minimum atomic E-state index is -0.0116. The fourth-order valence-corrected chi connectivity index (χ4v) is 2.09. The van der Waals surface area contributed by atoms with E-state index in [-0.39, 0.29) is 11.8 Å². The molecular weight excluding hydrogens is 206 g/mol. The Morgan fingerprint density at radius 2 is 2.44 bits per heavy atom. The van der Waals surface area contributed by atoms with Crippen LogP contribution in [0.2, 0.25) is 0 Å². The molecule has 1 aliphatic rings. The quantitative estimate of drug-likeness (QED) is 0.735. The van der Waals surface area contributed by atoms with E-state index in [1.165, 1.54) is 0 Å². The molecule has 6 nitrogen and oxygen atoms in total. The van der Waals surface area contributed by atoms with Gasteiger partial charge in [-0.05, 0) is 0 Å². The van der Waals surface area contributed by atoms with Crippen molar-refractivity contribution in [3.05, 3.63) is 30.0 Å². The van der Waals surface area contributed by atoms with Gasteiger partial charge in [0.25, 0.3) is 0 Å². The highest BCUT2D eigenvalue weighted by Gasteiger charge is 2.30. The molecule has 0 radical (unpaired) electrons. The first-order chi connectivity index (χ1) is 7.75. The predicted octanol–water partition coefficient (Wildman–Crippen LogP) is 0.617. The van der Waals surface area contributed by atoms with E-state index < -0.39 is 0 Å². The standard InChI is InChI=1S/C10H11N5O/c1-15-3-2-11-10(15)6-4-8(16)13-9-7(6)5-12-14-9/h2-3,5-6H,4H2,1H3,(H2,12,13,14,16). The number of aryl methyl sites for hydroxylation is 1. The predicted molar refractivity (Wildman–Crippen MR) is 56.9 cm³/mol. The van der Waals surface area contributed by atoms with E-state index in [9.17, 15) is 4.79 Å². The minimum absolute atomic E-state index is 0.00949. The number of hydrogen-bond donors (Lipinski definition) is 2. The van der Waals surface area contributed by atoms with E-state index in [0.717, 1.165) is 11.4 Å². The molecule has 0 aromatic carbocycles. The average Bonchev–Trinajstić information content (AvgIpc) is 2.84. The summed E-state index contributed by atoms with van der Waals surface area (Å²) < 4.78 is 1.93. The SMILES string of the molecule is Cn1ccnc1C1CC(=O)Nc2[nH]ncc21. The molecule has 82 valence electrons. The number of aromatic nitrogens is 4. The van der Waals surface area contributed by atoms with Gasteiger partial charge in [-0.2, -0.15) is 5.10 Å². The zero-order valence-corrected chi connectivity index (χ0v) is 8.77. The molecule has 0 saturated carbocycles. The lowest BCUT2D eigenvalue weighted by atomic mass is 9.93. The molecule has 3 heterocycles. The molecule has 3 rings (SSSR count). The third-order valence-electron chi connectivity index (χ3n) is 2.87. The first-order valence-corrected chi connectivity index (χ1v) is 5.06. The molecule has 0 bridgehead atoms. The summed E-state index contributed by atoms with van der Waals surface area (Å²) in [6, 6.07) is 0. The van der Waals surface area contributed by atoms with Crippen molar-refractivity contribution >= 4 is 11.7 Å². The van der Waals surface area contributed by atoms with Gasteiger partial charge in [0.05, 0.1) is 12.1 Å². The number of fused-ring (bicyclic) bond motifs is 1.